The summed E-state index contributed by atoms with van der Waals surface area (Å²) in [4.78, 5) is 7.01. The molecule has 2 aliphatic rings. The number of aromatic nitrogens is 1. The third kappa shape index (κ3) is 5.09. The Kier molecular flexibility index (Phi) is 6.04. The third-order valence-corrected chi connectivity index (χ3v) is 5.50. The normalized spacial score (nSPS) is 20.8. The fourth-order valence-electron chi connectivity index (χ4n) is 4.05. The summed E-state index contributed by atoms with van der Waals surface area (Å²) in [6, 6.07) is 10.0. The molecule has 2 aromatic rings. The van der Waals surface area contributed by atoms with Crippen LogP contribution in [0.3, 0.4) is 0 Å². The van der Waals surface area contributed by atoms with Crippen LogP contribution in [0.25, 0.3) is 0 Å². The summed E-state index contributed by atoms with van der Waals surface area (Å²) in [6.07, 6.45) is 3.14. The number of hydrogen-bond donors (Lipinski definition) is 2. The molecule has 0 bridgehead atoms. The quantitative estimate of drug-likeness (QED) is 0.740. The van der Waals surface area contributed by atoms with Gasteiger partial charge in [0.25, 0.3) is 0 Å². The molecule has 1 fully saturated rings. The summed E-state index contributed by atoms with van der Waals surface area (Å²) in [5, 5.41) is 7.00. The predicted molar refractivity (Wildman–Crippen MR) is 120 cm³/mol. The fourth-order valence-corrected chi connectivity index (χ4v) is 4.24. The van der Waals surface area contributed by atoms with Crippen molar-refractivity contribution in [3.63, 3.8) is 0 Å². The lowest BCUT2D eigenvalue weighted by molar-refractivity contribution is 0.171. The molecule has 29 heavy (non-hydrogen) atoms. The van der Waals surface area contributed by atoms with Gasteiger partial charge in [-0.3, -0.25) is 0 Å². The van der Waals surface area contributed by atoms with Crippen molar-refractivity contribution in [2.45, 2.75) is 26.8 Å². The topological polar surface area (TPSA) is 58.7 Å². The molecule has 6 nitrogen and oxygen atoms in total. The molecule has 2 atom stereocenters. The smallest absolute Gasteiger partial charge is 0.171 e. The molecule has 1 saturated heterocycles. The lowest BCUT2D eigenvalue weighted by atomic mass is 9.92. The second-order valence-corrected chi connectivity index (χ2v) is 8.45. The number of pyridine rings is 1. The van der Waals surface area contributed by atoms with E-state index in [1.54, 1.807) is 0 Å². The molecular formula is C22H28N4O2S. The van der Waals surface area contributed by atoms with E-state index in [0.29, 0.717) is 36.7 Å². The van der Waals surface area contributed by atoms with Gasteiger partial charge >= 0.3 is 0 Å². The van der Waals surface area contributed by atoms with Gasteiger partial charge < -0.3 is 25.0 Å². The van der Waals surface area contributed by atoms with E-state index in [1.165, 1.54) is 6.42 Å². The number of nitrogens with one attached hydrogen (secondary N) is 2. The maximum Gasteiger partial charge on any atom is 0.171 e. The Bertz CT molecular complexity index is 848. The summed E-state index contributed by atoms with van der Waals surface area (Å²) >= 11 is 5.43. The number of piperidine rings is 1. The van der Waals surface area contributed by atoms with Crippen LogP contribution < -0.4 is 25.0 Å². The first-order chi connectivity index (χ1) is 14.1. The Hall–Kier alpha value is -2.54. The zero-order valence-electron chi connectivity index (χ0n) is 17.0. The molecular weight excluding hydrogens is 384 g/mol. The summed E-state index contributed by atoms with van der Waals surface area (Å²) in [5.41, 5.74) is 1.96. The van der Waals surface area contributed by atoms with Crippen molar-refractivity contribution in [2.24, 2.45) is 11.8 Å². The van der Waals surface area contributed by atoms with Crippen LogP contribution in [-0.2, 0) is 6.54 Å². The van der Waals surface area contributed by atoms with Gasteiger partial charge in [0, 0.05) is 19.6 Å². The van der Waals surface area contributed by atoms with Crippen molar-refractivity contribution >= 4 is 28.8 Å². The van der Waals surface area contributed by atoms with Crippen molar-refractivity contribution in [2.75, 3.05) is 36.5 Å². The number of rotatable bonds is 4. The van der Waals surface area contributed by atoms with Gasteiger partial charge in [-0.05, 0) is 60.3 Å². The summed E-state index contributed by atoms with van der Waals surface area (Å²) in [6.45, 7) is 8.55. The molecule has 7 heteroatoms. The highest BCUT2D eigenvalue weighted by Gasteiger charge is 2.22. The SMILES string of the molecule is C[C@H]1C[C@H](C)CN(c2ccc(NC(=S)NCc3ccc4c(c3)OCCO4)cn2)C1. The van der Waals surface area contributed by atoms with Crippen molar-refractivity contribution in [3.8, 4) is 11.5 Å². The Morgan fingerprint density at radius 3 is 2.59 bits per heavy atom. The van der Waals surface area contributed by atoms with Crippen LogP contribution in [0.4, 0.5) is 11.5 Å². The number of benzene rings is 1. The van der Waals surface area contributed by atoms with Gasteiger partial charge in [0.2, 0.25) is 0 Å². The minimum absolute atomic E-state index is 0.564. The molecule has 4 rings (SSSR count). The Morgan fingerprint density at radius 1 is 1.10 bits per heavy atom. The molecule has 0 aliphatic carbocycles. The van der Waals surface area contributed by atoms with Crippen LogP contribution in [0.5, 0.6) is 11.5 Å². The average Bonchev–Trinajstić information content (AvgIpc) is 2.72. The van der Waals surface area contributed by atoms with Gasteiger partial charge in [-0.2, -0.15) is 0 Å². The Balaban J connectivity index is 1.29. The number of anilines is 2. The Labute approximate surface area is 177 Å². The van der Waals surface area contributed by atoms with Crippen LogP contribution >= 0.6 is 12.2 Å². The molecule has 1 aromatic carbocycles. The lowest BCUT2D eigenvalue weighted by Crippen LogP contribution is -2.39. The van der Waals surface area contributed by atoms with E-state index in [9.17, 15) is 0 Å². The molecule has 0 amide bonds. The largest absolute Gasteiger partial charge is 0.486 e. The van der Waals surface area contributed by atoms with E-state index < -0.39 is 0 Å². The first-order valence-corrected chi connectivity index (χ1v) is 10.6. The zero-order valence-corrected chi connectivity index (χ0v) is 17.8. The van der Waals surface area contributed by atoms with Crippen molar-refractivity contribution in [1.29, 1.82) is 0 Å². The molecule has 1 aromatic heterocycles. The molecule has 3 heterocycles. The highest BCUT2D eigenvalue weighted by Crippen LogP contribution is 2.30. The highest BCUT2D eigenvalue weighted by molar-refractivity contribution is 7.80. The highest BCUT2D eigenvalue weighted by atomic mass is 32.1. The van der Waals surface area contributed by atoms with Crippen LogP contribution in [-0.4, -0.2) is 36.4 Å². The molecule has 0 radical (unpaired) electrons. The van der Waals surface area contributed by atoms with Gasteiger partial charge in [-0.25, -0.2) is 4.98 Å². The predicted octanol–water partition coefficient (Wildman–Crippen LogP) is 3.82. The van der Waals surface area contributed by atoms with E-state index in [1.807, 2.05) is 30.5 Å². The number of thiocarbonyl (C=S) groups is 1. The van der Waals surface area contributed by atoms with Gasteiger partial charge in [0.15, 0.2) is 16.6 Å². The minimum Gasteiger partial charge on any atom is -0.486 e. The summed E-state index contributed by atoms with van der Waals surface area (Å²) in [5.74, 6) is 4.02. The molecule has 0 saturated carbocycles. The monoisotopic (exact) mass is 412 g/mol. The molecule has 2 N–H and O–H groups in total. The van der Waals surface area contributed by atoms with E-state index >= 15 is 0 Å². The lowest BCUT2D eigenvalue weighted by Gasteiger charge is -2.35. The third-order valence-electron chi connectivity index (χ3n) is 5.26. The van der Waals surface area contributed by atoms with E-state index in [0.717, 1.165) is 41.7 Å². The average molecular weight is 413 g/mol. The van der Waals surface area contributed by atoms with Crippen molar-refractivity contribution in [3.05, 3.63) is 42.1 Å². The standard InChI is InChI=1S/C22H28N4O2S/c1-15-9-16(2)14-26(13-15)21-6-4-18(12-23-21)25-22(29)24-11-17-3-5-19-20(10-17)28-8-7-27-19/h3-6,10,12,15-16H,7-9,11,13-14H2,1-2H3,(H2,24,25,29)/t15-,16-/m0/s1. The second kappa shape index (κ2) is 8.86. The minimum atomic E-state index is 0.564. The number of hydrogen-bond acceptors (Lipinski definition) is 5. The first kappa shape index (κ1) is 19.8. The van der Waals surface area contributed by atoms with Gasteiger partial charge in [0.05, 0.1) is 11.9 Å². The van der Waals surface area contributed by atoms with E-state index in [2.05, 4.69) is 40.4 Å². The molecule has 2 aliphatic heterocycles. The number of fused-ring (bicyclic) bond motifs is 1. The summed E-state index contributed by atoms with van der Waals surface area (Å²) in [7, 11) is 0. The van der Waals surface area contributed by atoms with Crippen molar-refractivity contribution < 1.29 is 9.47 Å². The van der Waals surface area contributed by atoms with Crippen LogP contribution in [0.2, 0.25) is 0 Å². The van der Waals surface area contributed by atoms with Gasteiger partial charge in [-0.15, -0.1) is 0 Å². The van der Waals surface area contributed by atoms with Gasteiger partial charge in [-0.1, -0.05) is 19.9 Å². The van der Waals surface area contributed by atoms with E-state index in [4.69, 9.17) is 21.7 Å². The Morgan fingerprint density at radius 2 is 1.86 bits per heavy atom. The van der Waals surface area contributed by atoms with Crippen LogP contribution in [0, 0.1) is 11.8 Å². The fraction of sp³-hybridized carbons (Fsp3) is 0.455. The van der Waals surface area contributed by atoms with Gasteiger partial charge in [0.1, 0.15) is 19.0 Å². The van der Waals surface area contributed by atoms with Crippen molar-refractivity contribution in [1.82, 2.24) is 10.3 Å². The second-order valence-electron chi connectivity index (χ2n) is 8.04. The molecule has 0 unspecified atom stereocenters. The zero-order chi connectivity index (χ0) is 20.2. The maximum atomic E-state index is 5.63. The maximum absolute atomic E-state index is 5.63. The summed E-state index contributed by atoms with van der Waals surface area (Å²) < 4.78 is 11.2. The van der Waals surface area contributed by atoms with Crippen LogP contribution in [0.1, 0.15) is 25.8 Å². The molecule has 0 spiro atoms. The number of nitrogens with zero attached hydrogens (tertiary/aromatic N) is 2. The van der Waals surface area contributed by atoms with E-state index in [-0.39, 0.29) is 0 Å². The first-order valence-electron chi connectivity index (χ1n) is 10.2. The van der Waals surface area contributed by atoms with Crippen LogP contribution in [0.15, 0.2) is 36.5 Å². The molecule has 154 valence electrons. The number of ether oxygens (including phenoxy) is 2.